The minimum atomic E-state index is 0.414. The Morgan fingerprint density at radius 3 is 2.55 bits per heavy atom. The first kappa shape index (κ1) is 13.5. The van der Waals surface area contributed by atoms with E-state index in [1.165, 1.54) is 30.3 Å². The van der Waals surface area contributed by atoms with E-state index in [0.29, 0.717) is 16.9 Å². The molecule has 1 saturated carbocycles. The zero-order valence-electron chi connectivity index (χ0n) is 13.0. The number of H-pyrrole nitrogens is 1. The molecule has 1 aliphatic rings. The van der Waals surface area contributed by atoms with E-state index in [2.05, 4.69) is 61.4 Å². The van der Waals surface area contributed by atoms with E-state index in [9.17, 15) is 0 Å². The monoisotopic (exact) mass is 271 g/mol. The first-order valence-electron chi connectivity index (χ1n) is 7.53. The minimum Gasteiger partial charge on any atom is -0.382 e. The number of aromatic amines is 1. The van der Waals surface area contributed by atoms with E-state index in [4.69, 9.17) is 0 Å². The Bertz CT molecular complexity index is 593. The third-order valence-electron chi connectivity index (χ3n) is 4.37. The first-order chi connectivity index (χ1) is 9.33. The lowest BCUT2D eigenvalue weighted by atomic mass is 9.63. The molecule has 3 heteroatoms. The molecule has 1 aromatic carbocycles. The van der Waals surface area contributed by atoms with Gasteiger partial charge in [0.25, 0.3) is 0 Å². The summed E-state index contributed by atoms with van der Waals surface area (Å²) in [5.74, 6) is 0. The normalized spacial score (nSPS) is 22.0. The van der Waals surface area contributed by atoms with Gasteiger partial charge in [-0.25, -0.2) is 0 Å². The average Bonchev–Trinajstić information content (AvgIpc) is 2.71. The maximum Gasteiger partial charge on any atom is 0.0670 e. The zero-order valence-corrected chi connectivity index (χ0v) is 13.0. The summed E-state index contributed by atoms with van der Waals surface area (Å²) >= 11 is 0. The van der Waals surface area contributed by atoms with E-state index in [0.717, 1.165) is 5.52 Å². The molecule has 0 aliphatic heterocycles. The standard InChI is InChI=1S/C17H25N3/c1-16(2)8-14(9-17(3,4)11-16)19-13-6-5-12-10-18-20-15(12)7-13/h5-7,10,14,19H,8-9,11H2,1-4H3,(H,18,20). The molecule has 0 atom stereocenters. The molecule has 3 rings (SSSR count). The lowest BCUT2D eigenvalue weighted by molar-refractivity contribution is 0.105. The van der Waals surface area contributed by atoms with E-state index in [-0.39, 0.29) is 0 Å². The number of nitrogens with one attached hydrogen (secondary N) is 2. The molecule has 20 heavy (non-hydrogen) atoms. The van der Waals surface area contributed by atoms with E-state index in [1.807, 2.05) is 6.20 Å². The second-order valence-electron chi connectivity index (χ2n) is 7.93. The minimum absolute atomic E-state index is 0.414. The molecular weight excluding hydrogens is 246 g/mol. The zero-order chi connectivity index (χ0) is 14.4. The van der Waals surface area contributed by atoms with Gasteiger partial charge in [-0.2, -0.15) is 5.10 Å². The summed E-state index contributed by atoms with van der Waals surface area (Å²) in [6, 6.07) is 7.00. The van der Waals surface area contributed by atoms with Crippen LogP contribution >= 0.6 is 0 Å². The Hall–Kier alpha value is -1.51. The average molecular weight is 271 g/mol. The van der Waals surface area contributed by atoms with E-state index < -0.39 is 0 Å². The Kier molecular flexibility index (Phi) is 3.03. The molecule has 1 aromatic heterocycles. The second kappa shape index (κ2) is 4.51. The molecule has 2 aromatic rings. The van der Waals surface area contributed by atoms with Gasteiger partial charge in [0, 0.05) is 17.1 Å². The number of rotatable bonds is 2. The van der Waals surface area contributed by atoms with Crippen molar-refractivity contribution in [1.29, 1.82) is 0 Å². The quantitative estimate of drug-likeness (QED) is 0.839. The molecule has 3 nitrogen and oxygen atoms in total. The molecule has 1 heterocycles. The molecule has 0 saturated heterocycles. The van der Waals surface area contributed by atoms with Crippen LogP contribution in [0.2, 0.25) is 0 Å². The van der Waals surface area contributed by atoms with Gasteiger partial charge in [0.2, 0.25) is 0 Å². The van der Waals surface area contributed by atoms with E-state index >= 15 is 0 Å². The van der Waals surface area contributed by atoms with Gasteiger partial charge < -0.3 is 5.32 Å². The van der Waals surface area contributed by atoms with Gasteiger partial charge in [0.1, 0.15) is 0 Å². The molecule has 0 unspecified atom stereocenters. The summed E-state index contributed by atoms with van der Waals surface area (Å²) < 4.78 is 0. The van der Waals surface area contributed by atoms with Gasteiger partial charge >= 0.3 is 0 Å². The molecule has 0 bridgehead atoms. The SMILES string of the molecule is CC1(C)CC(Nc2ccc3cn[nH]c3c2)CC(C)(C)C1. The van der Waals surface area contributed by atoms with Crippen LogP contribution in [0.5, 0.6) is 0 Å². The Balaban J connectivity index is 1.79. The topological polar surface area (TPSA) is 40.7 Å². The van der Waals surface area contributed by atoms with Crippen molar-refractivity contribution >= 4 is 16.6 Å². The largest absolute Gasteiger partial charge is 0.382 e. The number of anilines is 1. The second-order valence-corrected chi connectivity index (χ2v) is 7.93. The van der Waals surface area contributed by atoms with Crippen molar-refractivity contribution in [3.63, 3.8) is 0 Å². The van der Waals surface area contributed by atoms with Gasteiger partial charge in [0.05, 0.1) is 11.7 Å². The number of aromatic nitrogens is 2. The van der Waals surface area contributed by atoms with Gasteiger partial charge in [-0.15, -0.1) is 0 Å². The van der Waals surface area contributed by atoms with Crippen LogP contribution < -0.4 is 5.32 Å². The molecule has 2 N–H and O–H groups in total. The van der Waals surface area contributed by atoms with Crippen molar-refractivity contribution in [2.75, 3.05) is 5.32 Å². The number of fused-ring (bicyclic) bond motifs is 1. The van der Waals surface area contributed by atoms with Crippen LogP contribution in [-0.2, 0) is 0 Å². The molecule has 108 valence electrons. The van der Waals surface area contributed by atoms with Crippen LogP contribution in [0.15, 0.2) is 24.4 Å². The van der Waals surface area contributed by atoms with Crippen molar-refractivity contribution in [3.8, 4) is 0 Å². The summed E-state index contributed by atoms with van der Waals surface area (Å²) in [6.07, 6.45) is 5.64. The lowest BCUT2D eigenvalue weighted by Crippen LogP contribution is -2.40. The molecular formula is C17H25N3. The molecule has 0 radical (unpaired) electrons. The Morgan fingerprint density at radius 1 is 1.15 bits per heavy atom. The fourth-order valence-electron chi connectivity index (χ4n) is 4.21. The summed E-state index contributed by atoms with van der Waals surface area (Å²) in [4.78, 5) is 0. The predicted octanol–water partition coefficient (Wildman–Crippen LogP) is 4.58. The molecule has 1 aliphatic carbocycles. The highest BCUT2D eigenvalue weighted by molar-refractivity contribution is 5.81. The van der Waals surface area contributed by atoms with Crippen LogP contribution in [0.4, 0.5) is 5.69 Å². The van der Waals surface area contributed by atoms with Crippen LogP contribution in [0.3, 0.4) is 0 Å². The maximum absolute atomic E-state index is 4.08. The summed E-state index contributed by atoms with van der Waals surface area (Å²) in [5.41, 5.74) is 3.12. The van der Waals surface area contributed by atoms with Crippen molar-refractivity contribution in [2.24, 2.45) is 10.8 Å². The third kappa shape index (κ3) is 2.82. The van der Waals surface area contributed by atoms with Gasteiger partial charge in [-0.05, 0) is 48.3 Å². The fraction of sp³-hybridized carbons (Fsp3) is 0.588. The molecule has 0 spiro atoms. The highest BCUT2D eigenvalue weighted by Gasteiger charge is 2.38. The van der Waals surface area contributed by atoms with Gasteiger partial charge in [-0.3, -0.25) is 5.10 Å². The van der Waals surface area contributed by atoms with Crippen LogP contribution in [0.1, 0.15) is 47.0 Å². The van der Waals surface area contributed by atoms with Crippen molar-refractivity contribution < 1.29 is 0 Å². The highest BCUT2D eigenvalue weighted by atomic mass is 15.1. The smallest absolute Gasteiger partial charge is 0.0670 e. The fourth-order valence-corrected chi connectivity index (χ4v) is 4.21. The van der Waals surface area contributed by atoms with Crippen LogP contribution in [-0.4, -0.2) is 16.2 Å². The first-order valence-corrected chi connectivity index (χ1v) is 7.53. The summed E-state index contributed by atoms with van der Waals surface area (Å²) in [6.45, 7) is 9.56. The molecule has 1 fully saturated rings. The number of nitrogens with zero attached hydrogens (tertiary/aromatic N) is 1. The predicted molar refractivity (Wildman–Crippen MR) is 84.9 cm³/mol. The van der Waals surface area contributed by atoms with E-state index in [1.54, 1.807) is 0 Å². The Morgan fingerprint density at radius 2 is 1.85 bits per heavy atom. The van der Waals surface area contributed by atoms with Crippen molar-refractivity contribution in [1.82, 2.24) is 10.2 Å². The van der Waals surface area contributed by atoms with Crippen LogP contribution in [0.25, 0.3) is 10.9 Å². The van der Waals surface area contributed by atoms with Crippen LogP contribution in [0, 0.1) is 10.8 Å². The number of hydrogen-bond acceptors (Lipinski definition) is 2. The van der Waals surface area contributed by atoms with Gasteiger partial charge in [-0.1, -0.05) is 27.7 Å². The van der Waals surface area contributed by atoms with Crippen molar-refractivity contribution in [2.45, 2.75) is 53.0 Å². The highest BCUT2D eigenvalue weighted by Crippen LogP contribution is 2.46. The number of benzene rings is 1. The van der Waals surface area contributed by atoms with Gasteiger partial charge in [0.15, 0.2) is 0 Å². The lowest BCUT2D eigenvalue weighted by Gasteiger charge is -2.45. The summed E-state index contributed by atoms with van der Waals surface area (Å²) in [7, 11) is 0. The number of hydrogen-bond donors (Lipinski definition) is 2. The molecule has 0 amide bonds. The third-order valence-corrected chi connectivity index (χ3v) is 4.37. The Labute approximate surface area is 121 Å². The maximum atomic E-state index is 4.08. The summed E-state index contributed by atoms with van der Waals surface area (Å²) in [5, 5.41) is 12.0. The van der Waals surface area contributed by atoms with Crippen molar-refractivity contribution in [3.05, 3.63) is 24.4 Å².